The molecule has 4 aliphatic rings. The zero-order chi connectivity index (χ0) is 19.4. The van der Waals surface area contributed by atoms with Crippen LogP contribution in [-0.2, 0) is 9.59 Å². The molecule has 4 heteroatoms. The maximum Gasteiger partial charge on any atom is 0.221 e. The summed E-state index contributed by atoms with van der Waals surface area (Å²) in [6.45, 7) is 8.00. The molecule has 146 valence electrons. The average Bonchev–Trinajstić information content (AvgIpc) is 2.91. The summed E-state index contributed by atoms with van der Waals surface area (Å²) in [5.41, 5.74) is 3.98. The maximum atomic E-state index is 11.6. The van der Waals surface area contributed by atoms with E-state index in [1.54, 1.807) is 13.8 Å². The van der Waals surface area contributed by atoms with Gasteiger partial charge in [-0.3, -0.25) is 9.59 Å². The van der Waals surface area contributed by atoms with Gasteiger partial charge in [0, 0.05) is 30.7 Å². The van der Waals surface area contributed by atoms with Gasteiger partial charge in [-0.25, -0.2) is 0 Å². The van der Waals surface area contributed by atoms with Crippen molar-refractivity contribution in [3.63, 3.8) is 0 Å². The minimum absolute atomic E-state index is 0.0232. The number of hydrogen-bond acceptors (Lipinski definition) is 2. The maximum absolute atomic E-state index is 11.6. The molecule has 0 aromatic rings. The molecule has 2 N–H and O–H groups in total. The summed E-state index contributed by atoms with van der Waals surface area (Å²) in [6, 6.07) is 0. The number of hydrogen-bond donors (Lipinski definition) is 2. The Morgan fingerprint density at radius 1 is 0.963 bits per heavy atom. The molecule has 4 nitrogen and oxygen atoms in total. The molecule has 0 bridgehead atoms. The topological polar surface area (TPSA) is 58.2 Å². The molecule has 4 rings (SSSR count). The molecule has 0 unspecified atom stereocenters. The highest BCUT2D eigenvalue weighted by Gasteiger charge is 2.56. The largest absolute Gasteiger partial charge is 0.330 e. The molecule has 0 aliphatic heterocycles. The molecule has 5 atom stereocenters. The second kappa shape index (κ2) is 6.35. The van der Waals surface area contributed by atoms with Crippen LogP contribution in [0.3, 0.4) is 0 Å². The number of carbonyl (C=O) groups excluding carboxylic acids is 2. The van der Waals surface area contributed by atoms with E-state index >= 15 is 0 Å². The molecular weight excluding hydrogens is 336 g/mol. The Balaban J connectivity index is 1.61. The zero-order valence-corrected chi connectivity index (χ0v) is 17.0. The summed E-state index contributed by atoms with van der Waals surface area (Å²) in [5, 5.41) is 6.13. The number of allylic oxidation sites excluding steroid dienone is 6. The van der Waals surface area contributed by atoms with E-state index < -0.39 is 0 Å². The minimum atomic E-state index is 0.0232. The molecule has 0 spiro atoms. The Labute approximate surface area is 162 Å². The molecule has 4 aliphatic carbocycles. The third kappa shape index (κ3) is 2.88. The van der Waals surface area contributed by atoms with Gasteiger partial charge in [-0.15, -0.1) is 0 Å². The fraction of sp³-hybridized carbons (Fsp3) is 0.652. The van der Waals surface area contributed by atoms with Gasteiger partial charge in [0.05, 0.1) is 0 Å². The molecule has 0 radical (unpaired) electrons. The summed E-state index contributed by atoms with van der Waals surface area (Å²) in [4.78, 5) is 23.1. The van der Waals surface area contributed by atoms with Crippen LogP contribution >= 0.6 is 0 Å². The second-order valence-electron chi connectivity index (χ2n) is 9.53. The van der Waals surface area contributed by atoms with E-state index in [0.717, 1.165) is 43.5 Å². The fourth-order valence-electron chi connectivity index (χ4n) is 6.60. The Kier molecular flexibility index (Phi) is 4.36. The van der Waals surface area contributed by atoms with Crippen molar-refractivity contribution in [2.45, 2.75) is 66.2 Å². The van der Waals surface area contributed by atoms with E-state index in [1.165, 1.54) is 12.0 Å². The number of carbonyl (C=O) groups is 2. The third-order valence-electron chi connectivity index (χ3n) is 8.00. The Hall–Kier alpha value is -1.84. The van der Waals surface area contributed by atoms with Gasteiger partial charge >= 0.3 is 0 Å². The summed E-state index contributed by atoms with van der Waals surface area (Å²) >= 11 is 0. The molecule has 27 heavy (non-hydrogen) atoms. The molecule has 0 aromatic heterocycles. The highest BCUT2D eigenvalue weighted by Crippen LogP contribution is 2.64. The second-order valence-corrected chi connectivity index (χ2v) is 9.53. The normalized spacial score (nSPS) is 39.9. The van der Waals surface area contributed by atoms with Crippen LogP contribution in [0, 0.1) is 28.6 Å². The Bertz CT molecular complexity index is 777. The zero-order valence-electron chi connectivity index (χ0n) is 17.0. The van der Waals surface area contributed by atoms with Crippen LogP contribution in [0.4, 0.5) is 0 Å². The highest BCUT2D eigenvalue weighted by atomic mass is 16.2. The van der Waals surface area contributed by atoms with Crippen LogP contribution in [-0.4, -0.2) is 11.8 Å². The predicted molar refractivity (Wildman–Crippen MR) is 106 cm³/mol. The van der Waals surface area contributed by atoms with Gasteiger partial charge < -0.3 is 10.6 Å². The van der Waals surface area contributed by atoms with E-state index in [0.29, 0.717) is 17.8 Å². The monoisotopic (exact) mass is 368 g/mol. The number of nitrogens with one attached hydrogen (secondary N) is 2. The minimum Gasteiger partial charge on any atom is -0.330 e. The van der Waals surface area contributed by atoms with Crippen LogP contribution in [0.15, 0.2) is 35.2 Å². The van der Waals surface area contributed by atoms with Crippen molar-refractivity contribution < 1.29 is 9.59 Å². The Morgan fingerprint density at radius 2 is 1.70 bits per heavy atom. The van der Waals surface area contributed by atoms with Crippen molar-refractivity contribution in [2.24, 2.45) is 28.6 Å². The lowest BCUT2D eigenvalue weighted by Crippen LogP contribution is -2.50. The summed E-state index contributed by atoms with van der Waals surface area (Å²) < 4.78 is 0. The lowest BCUT2D eigenvalue weighted by molar-refractivity contribution is -0.119. The van der Waals surface area contributed by atoms with E-state index in [1.807, 2.05) is 0 Å². The van der Waals surface area contributed by atoms with Crippen molar-refractivity contribution in [1.82, 2.24) is 10.6 Å². The van der Waals surface area contributed by atoms with Gasteiger partial charge in [0.1, 0.15) is 0 Å². The van der Waals surface area contributed by atoms with Gasteiger partial charge in [-0.1, -0.05) is 26.0 Å². The molecule has 1 fully saturated rings. The number of amides is 2. The molecule has 2 amide bonds. The van der Waals surface area contributed by atoms with Gasteiger partial charge in [0.15, 0.2) is 0 Å². The van der Waals surface area contributed by atoms with Crippen LogP contribution < -0.4 is 10.6 Å². The average molecular weight is 369 g/mol. The molecule has 0 aromatic carbocycles. The van der Waals surface area contributed by atoms with Crippen molar-refractivity contribution in [3.05, 3.63) is 35.2 Å². The van der Waals surface area contributed by atoms with Crippen LogP contribution in [0.1, 0.15) is 66.2 Å². The van der Waals surface area contributed by atoms with Crippen LogP contribution in [0.25, 0.3) is 0 Å². The molecular formula is C23H32N2O2. The highest BCUT2D eigenvalue weighted by molar-refractivity contribution is 5.75. The summed E-state index contributed by atoms with van der Waals surface area (Å²) in [6.07, 6.45) is 13.6. The van der Waals surface area contributed by atoms with E-state index in [-0.39, 0.29) is 22.6 Å². The lowest BCUT2D eigenvalue weighted by atomic mass is 9.48. The molecule has 0 heterocycles. The van der Waals surface area contributed by atoms with Crippen LogP contribution in [0.2, 0.25) is 0 Å². The quantitative estimate of drug-likeness (QED) is 0.767. The number of rotatable bonds is 2. The SMILES string of the molecule is CC(=O)NC1=CC2=CC[C@@H]3[C@H](CC[C@]4(C)C(NC(C)=O)=CC[C@@H]34)[C@@]2(C)CC1. The van der Waals surface area contributed by atoms with Crippen molar-refractivity contribution in [2.75, 3.05) is 0 Å². The van der Waals surface area contributed by atoms with Crippen molar-refractivity contribution in [1.29, 1.82) is 0 Å². The van der Waals surface area contributed by atoms with E-state index in [4.69, 9.17) is 0 Å². The van der Waals surface area contributed by atoms with E-state index in [2.05, 4.69) is 42.7 Å². The predicted octanol–water partition coefficient (Wildman–Crippen LogP) is 4.21. The standard InChI is InChI=1S/C23H32N2O2/c1-14(26)24-17-9-11-22(3)16(13-17)5-6-18-19-7-8-21(25-15(2)27)23(19,4)12-10-20(18)22/h5,8,13,18-20H,6-7,9-12H2,1-4H3,(H,24,26)(H,25,27)/t18-,19-,20-,22-,23-/m0/s1. The first-order valence-electron chi connectivity index (χ1n) is 10.4. The van der Waals surface area contributed by atoms with Gasteiger partial charge in [-0.2, -0.15) is 0 Å². The Morgan fingerprint density at radius 3 is 2.41 bits per heavy atom. The van der Waals surface area contributed by atoms with Gasteiger partial charge in [-0.05, 0) is 73.3 Å². The summed E-state index contributed by atoms with van der Waals surface area (Å²) in [7, 11) is 0. The van der Waals surface area contributed by atoms with Gasteiger partial charge in [0.2, 0.25) is 11.8 Å². The molecule has 0 saturated heterocycles. The third-order valence-corrected chi connectivity index (χ3v) is 8.00. The van der Waals surface area contributed by atoms with Crippen molar-refractivity contribution in [3.8, 4) is 0 Å². The molecule has 1 saturated carbocycles. The lowest BCUT2D eigenvalue weighted by Gasteiger charge is -2.56. The first-order chi connectivity index (χ1) is 12.7. The summed E-state index contributed by atoms with van der Waals surface area (Å²) in [5.74, 6) is 2.06. The van der Waals surface area contributed by atoms with Crippen molar-refractivity contribution >= 4 is 11.8 Å². The number of fused-ring (bicyclic) bond motifs is 5. The van der Waals surface area contributed by atoms with Crippen LogP contribution in [0.5, 0.6) is 0 Å². The fourth-order valence-corrected chi connectivity index (χ4v) is 6.60. The first kappa shape index (κ1) is 18.5. The first-order valence-corrected chi connectivity index (χ1v) is 10.4. The smallest absolute Gasteiger partial charge is 0.221 e. The van der Waals surface area contributed by atoms with E-state index in [9.17, 15) is 9.59 Å². The van der Waals surface area contributed by atoms with Gasteiger partial charge in [0.25, 0.3) is 0 Å².